The smallest absolute Gasteiger partial charge is 0.214 e. The number of nitrogens with zero attached hydrogens (tertiary/aromatic N) is 9. The summed E-state index contributed by atoms with van der Waals surface area (Å²) in [7, 11) is 0. The number of aryl methyl sites for hydroxylation is 2. The monoisotopic (exact) mass is 1440 g/mol. The highest BCUT2D eigenvalue weighted by atomic mass is 35.5. The van der Waals surface area contributed by atoms with Crippen LogP contribution in [-0.4, -0.2) is 381 Å². The van der Waals surface area contributed by atoms with Crippen molar-refractivity contribution >= 4 is 23.2 Å². The van der Waals surface area contributed by atoms with Crippen molar-refractivity contribution in [2.24, 2.45) is 0 Å². The largest absolute Gasteiger partial charge is 0.394 e. The van der Waals surface area contributed by atoms with E-state index in [1.165, 1.54) is 39.4 Å². The van der Waals surface area contributed by atoms with Gasteiger partial charge in [0.25, 0.3) is 0 Å². The maximum Gasteiger partial charge on any atom is 0.214 e. The molecule has 0 aromatic carbocycles. The zero-order chi connectivity index (χ0) is 70.1. The van der Waals surface area contributed by atoms with Crippen molar-refractivity contribution < 1.29 is 154 Å². The van der Waals surface area contributed by atoms with E-state index in [0.29, 0.717) is 25.1 Å². The number of hydrogen-bond donors (Lipinski definition) is 21. The van der Waals surface area contributed by atoms with Crippen LogP contribution in [0.3, 0.4) is 0 Å². The molecule has 33 atom stereocenters. The molecule has 43 heteroatoms. The number of alkyl halides is 2. The highest BCUT2D eigenvalue weighted by molar-refractivity contribution is 6.21. The van der Waals surface area contributed by atoms with Gasteiger partial charge in [0, 0.05) is 12.7 Å². The first-order valence-electron chi connectivity index (χ1n) is 31.1. The molecule has 21 N–H and O–H groups in total. The minimum absolute atomic E-state index is 0.00929. The highest BCUT2D eigenvalue weighted by Crippen LogP contribution is 2.39. The third-order valence-corrected chi connectivity index (χ3v) is 18.9. The molecule has 41 nitrogen and oxygen atoms in total. The van der Waals surface area contributed by atoms with Crippen LogP contribution in [0.1, 0.15) is 30.4 Å². The molecular formula is C54H84Cl2N10O31. The van der Waals surface area contributed by atoms with Gasteiger partial charge < -0.3 is 160 Å². The maximum atomic E-state index is 11.3. The van der Waals surface area contributed by atoms with Crippen LogP contribution in [0, 0.1) is 0 Å². The molecule has 6 unspecified atom stereocenters. The molecule has 9 heterocycles. The Morgan fingerprint density at radius 1 is 0.515 bits per heavy atom. The van der Waals surface area contributed by atoms with Gasteiger partial charge in [0.05, 0.1) is 100 Å². The Morgan fingerprint density at radius 3 is 1.61 bits per heavy atom. The lowest BCUT2D eigenvalue weighted by atomic mass is 9.86. The lowest BCUT2D eigenvalue weighted by molar-refractivity contribution is -0.376. The van der Waals surface area contributed by atoms with Crippen LogP contribution < -0.4 is 5.32 Å². The molecule has 10 rings (SSSR count). The molecule has 3 aromatic rings. The molecular weight excluding hydrogens is 1360 g/mol. The van der Waals surface area contributed by atoms with E-state index in [2.05, 4.69) is 36.3 Å². The fourth-order valence-electron chi connectivity index (χ4n) is 12.4. The van der Waals surface area contributed by atoms with Crippen LogP contribution in [0.5, 0.6) is 0 Å². The van der Waals surface area contributed by atoms with Gasteiger partial charge in [-0.3, -0.25) is 4.68 Å². The molecule has 0 radical (unpaired) electrons. The molecule has 97 heavy (non-hydrogen) atoms. The molecule has 0 amide bonds. The summed E-state index contributed by atoms with van der Waals surface area (Å²) < 4.78 is 67.4. The molecule has 1 aliphatic carbocycles. The lowest BCUT2D eigenvalue weighted by Crippen LogP contribution is -2.68. The number of aromatic nitrogens is 9. The summed E-state index contributed by atoms with van der Waals surface area (Å²) in [5, 5.41) is 240. The number of hydrogen-bond acceptors (Lipinski definition) is 38. The molecule has 7 aliphatic rings. The van der Waals surface area contributed by atoms with Gasteiger partial charge in [0.2, 0.25) is 5.79 Å². The average Bonchev–Trinajstić information content (AvgIpc) is 1.73. The van der Waals surface area contributed by atoms with Crippen LogP contribution in [0.2, 0.25) is 0 Å². The second-order valence-corrected chi connectivity index (χ2v) is 25.5. The number of rotatable bonds is 27. The second kappa shape index (κ2) is 32.8. The summed E-state index contributed by atoms with van der Waals surface area (Å²) in [6.45, 7) is -2.35. The number of ether oxygens (including phenoxy) is 11. The Kier molecular flexibility index (Phi) is 25.8. The summed E-state index contributed by atoms with van der Waals surface area (Å²) in [5.41, 5.74) is 0.923. The first-order chi connectivity index (χ1) is 46.2. The van der Waals surface area contributed by atoms with Crippen molar-refractivity contribution in [1.82, 2.24) is 50.3 Å². The average molecular weight is 1440 g/mol. The van der Waals surface area contributed by atoms with Crippen LogP contribution in [0.15, 0.2) is 30.2 Å². The molecule has 3 aromatic heterocycles. The summed E-state index contributed by atoms with van der Waals surface area (Å²) in [6.07, 6.45) is -40.8. The number of halogens is 2. The van der Waals surface area contributed by atoms with E-state index in [-0.39, 0.29) is 43.3 Å². The Balaban J connectivity index is 0.646. The van der Waals surface area contributed by atoms with Crippen molar-refractivity contribution in [3.05, 3.63) is 47.3 Å². The molecule has 0 saturated carbocycles. The van der Waals surface area contributed by atoms with Crippen molar-refractivity contribution in [1.29, 1.82) is 0 Å². The predicted molar refractivity (Wildman–Crippen MR) is 309 cm³/mol. The van der Waals surface area contributed by atoms with E-state index in [1.54, 1.807) is 6.20 Å². The third-order valence-electron chi connectivity index (χ3n) is 18.0. The Labute approximate surface area is 559 Å². The van der Waals surface area contributed by atoms with Crippen molar-refractivity contribution in [2.75, 3.05) is 32.3 Å². The van der Waals surface area contributed by atoms with Gasteiger partial charge in [0.1, 0.15) is 152 Å². The molecule has 0 bridgehead atoms. The Bertz CT molecular complexity index is 2990. The fourth-order valence-corrected chi connectivity index (χ4v) is 13.0. The fraction of sp³-hybridized carbons (Fsp3) is 0.852. The molecule has 6 aliphatic heterocycles. The summed E-state index contributed by atoms with van der Waals surface area (Å²) in [4.78, 5) is 0. The SMILES string of the molecule is CC1O[C@H](O[C@@H]2C(CO)O[C@H](O[C@@H]3C(CO)O[C@@H](OCc4cn(CCCc5cn(C[C@H]6O[C@H](OCc7cn(C[C@H]8O[C@@](CCl)(O[C@H]9O[C@H](CO)[C@H](Cl)[C@H](O)[C@H]9O)[C@@H](O)[C@@H]8O)nn7)[C@@H](O)[C@@H](O)[C@@H]6O)nn5)nn4)C(O)[C@H]3O)C(O)[C@H]2O)C(O)[C@@H](O)[C@@H]1N[C@H]1C=C(CO)[C@@H](O)[C@H](O)[C@H]1O. The van der Waals surface area contributed by atoms with Crippen LogP contribution in [0.25, 0.3) is 0 Å². The van der Waals surface area contributed by atoms with E-state index in [0.717, 1.165) is 0 Å². The first-order valence-corrected chi connectivity index (χ1v) is 32.0. The van der Waals surface area contributed by atoms with Gasteiger partial charge in [-0.25, -0.2) is 9.36 Å². The minimum Gasteiger partial charge on any atom is -0.394 e. The van der Waals surface area contributed by atoms with Crippen LogP contribution >= 0.6 is 23.2 Å². The van der Waals surface area contributed by atoms with Crippen molar-refractivity contribution in [3.63, 3.8) is 0 Å². The van der Waals surface area contributed by atoms with Gasteiger partial charge in [0.15, 0.2) is 31.5 Å². The zero-order valence-electron chi connectivity index (χ0n) is 51.5. The molecule has 6 saturated heterocycles. The normalized spacial score (nSPS) is 44.4. The minimum atomic E-state index is -2.17. The lowest BCUT2D eigenvalue weighted by Gasteiger charge is -2.48. The standard InChI is InChI=1S/C54H84Cl2N10O31/c1-18-30(57-23-5-19(11-67)31(71)37(77)32(23)72)36(76)42(82)51(89-18)94-47-28(14-70)93-52(45(85)40(47)80)95-46-27(13-69)92-50(44(84)39(46)79)88-15-21-7-64(61-59-21)4-2-3-20-6-65(62-58-20)9-24-33(73)38(78)43(83)49(90-24)87-16-22-8-66(63-60-22)10-25-34(74)48(86)54(17-55,96-25)97-53-41(81)35(75)29(56)26(12-68)91-53/h5-8,18,23-53,57,67-86H,2-4,9-17H2,1H3/t18?,23-,24+,25+,26+,27?,28?,29-,30+,31+,32-,33+,34+,35-,36-,37-,38-,39+,40+,41+,42?,43-,44?,45?,46+,47+,48-,49-,50+,51+,52+,53+,54-/m0/s1. The Morgan fingerprint density at radius 2 is 1.01 bits per heavy atom. The quantitative estimate of drug-likeness (QED) is 0.0249. The second-order valence-electron chi connectivity index (χ2n) is 24.7. The van der Waals surface area contributed by atoms with Gasteiger partial charge in [-0.05, 0) is 25.3 Å². The van der Waals surface area contributed by atoms with E-state index in [1.807, 2.05) is 0 Å². The van der Waals surface area contributed by atoms with Gasteiger partial charge in [-0.1, -0.05) is 21.7 Å². The van der Waals surface area contributed by atoms with E-state index in [9.17, 15) is 102 Å². The molecule has 0 spiro atoms. The summed E-state index contributed by atoms with van der Waals surface area (Å²) in [5.74, 6) is -2.77. The molecule has 6 fully saturated rings. The van der Waals surface area contributed by atoms with E-state index >= 15 is 0 Å². The number of nitrogens with one attached hydrogen (secondary N) is 1. The van der Waals surface area contributed by atoms with E-state index in [4.69, 9.17) is 75.3 Å². The molecule has 550 valence electrons. The summed E-state index contributed by atoms with van der Waals surface area (Å²) >= 11 is 12.2. The maximum absolute atomic E-state index is 11.3. The van der Waals surface area contributed by atoms with Gasteiger partial charge in [-0.2, -0.15) is 0 Å². The Hall–Kier alpha value is -3.54. The zero-order valence-corrected chi connectivity index (χ0v) is 53.0. The summed E-state index contributed by atoms with van der Waals surface area (Å²) in [6, 6.07) is -2.28. The van der Waals surface area contributed by atoms with Gasteiger partial charge in [-0.15, -0.1) is 38.5 Å². The van der Waals surface area contributed by atoms with Crippen molar-refractivity contribution in [3.8, 4) is 0 Å². The van der Waals surface area contributed by atoms with Crippen molar-refractivity contribution in [2.45, 2.75) is 254 Å². The first kappa shape index (κ1) is 76.1. The number of aliphatic hydroxyl groups excluding tert-OH is 20. The van der Waals surface area contributed by atoms with E-state index < -0.39 is 234 Å². The third kappa shape index (κ3) is 16.5. The predicted octanol–water partition coefficient (Wildman–Crippen LogP) is -12.8. The van der Waals surface area contributed by atoms with Crippen LogP contribution in [-0.2, 0) is 91.4 Å². The van der Waals surface area contributed by atoms with Gasteiger partial charge >= 0.3 is 0 Å². The van der Waals surface area contributed by atoms with Crippen LogP contribution in [0.4, 0.5) is 0 Å². The topological polar surface area (TPSA) is 610 Å². The number of aliphatic hydroxyl groups is 20. The highest BCUT2D eigenvalue weighted by Gasteiger charge is 2.59.